The minimum Gasteiger partial charge on any atom is -0.482 e. The largest absolute Gasteiger partial charge is 0.482 e. The molecule has 0 fully saturated rings. The Balaban J connectivity index is 1.38. The fourth-order valence-corrected chi connectivity index (χ4v) is 4.35. The van der Waals surface area contributed by atoms with Gasteiger partial charge in [-0.05, 0) is 54.1 Å². The second-order valence-corrected chi connectivity index (χ2v) is 9.30. The van der Waals surface area contributed by atoms with Gasteiger partial charge in [0, 0.05) is 22.0 Å². The molecule has 0 aliphatic carbocycles. The van der Waals surface area contributed by atoms with E-state index in [0.29, 0.717) is 32.8 Å². The second kappa shape index (κ2) is 10.5. The highest BCUT2D eigenvalue weighted by molar-refractivity contribution is 6.30. The van der Waals surface area contributed by atoms with Gasteiger partial charge in [0.1, 0.15) is 12.2 Å². The molecule has 9 nitrogen and oxygen atoms in total. The van der Waals surface area contributed by atoms with Gasteiger partial charge in [0.05, 0.1) is 22.0 Å². The minimum atomic E-state index is -0.530. The van der Waals surface area contributed by atoms with Crippen LogP contribution >= 0.6 is 11.6 Å². The Bertz CT molecular complexity index is 1950. The van der Waals surface area contributed by atoms with Crippen molar-refractivity contribution >= 4 is 45.4 Å². The average Bonchev–Trinajstić information content (AvgIpc) is 3.41. The molecule has 0 saturated carbocycles. The SMILES string of the molecule is O=c1c2ccccc2nc(-c2cc3ccccc3o2)n1N=Cc1ccc(OCc2ccc(Cl)cc2)c([N+](=O)[O-])c1. The van der Waals surface area contributed by atoms with Crippen LogP contribution in [0.3, 0.4) is 0 Å². The van der Waals surface area contributed by atoms with E-state index in [1.165, 1.54) is 18.3 Å². The van der Waals surface area contributed by atoms with Gasteiger partial charge in [-0.1, -0.05) is 54.1 Å². The van der Waals surface area contributed by atoms with E-state index in [1.54, 1.807) is 60.7 Å². The van der Waals surface area contributed by atoms with Crippen molar-refractivity contribution in [2.45, 2.75) is 6.61 Å². The molecule has 0 saturated heterocycles. The molecule has 0 unspecified atom stereocenters. The number of halogens is 1. The highest BCUT2D eigenvalue weighted by atomic mass is 35.5. The molecule has 196 valence electrons. The van der Waals surface area contributed by atoms with Gasteiger partial charge in [-0.2, -0.15) is 9.78 Å². The first kappa shape index (κ1) is 25.0. The van der Waals surface area contributed by atoms with E-state index in [9.17, 15) is 14.9 Å². The van der Waals surface area contributed by atoms with Gasteiger partial charge in [0.2, 0.25) is 5.82 Å². The van der Waals surface area contributed by atoms with Crippen LogP contribution in [-0.4, -0.2) is 20.8 Å². The van der Waals surface area contributed by atoms with Crippen molar-refractivity contribution in [3.8, 4) is 17.3 Å². The molecular weight excluding hydrogens is 532 g/mol. The number of furan rings is 1. The summed E-state index contributed by atoms with van der Waals surface area (Å²) >= 11 is 5.92. The van der Waals surface area contributed by atoms with E-state index in [1.807, 2.05) is 24.3 Å². The Morgan fingerprint density at radius 2 is 1.77 bits per heavy atom. The van der Waals surface area contributed by atoms with Gasteiger partial charge in [0.15, 0.2) is 11.5 Å². The lowest BCUT2D eigenvalue weighted by Crippen LogP contribution is -2.20. The summed E-state index contributed by atoms with van der Waals surface area (Å²) in [6, 6.07) is 27.6. The van der Waals surface area contributed by atoms with Gasteiger partial charge in [0.25, 0.3) is 5.56 Å². The third kappa shape index (κ3) is 4.93. The topological polar surface area (TPSA) is 113 Å². The van der Waals surface area contributed by atoms with Crippen molar-refractivity contribution in [1.82, 2.24) is 9.66 Å². The zero-order chi connectivity index (χ0) is 27.6. The molecular formula is C30H19ClN4O5. The zero-order valence-electron chi connectivity index (χ0n) is 20.7. The molecule has 4 aromatic carbocycles. The monoisotopic (exact) mass is 550 g/mol. The van der Waals surface area contributed by atoms with Crippen LogP contribution in [-0.2, 0) is 6.61 Å². The number of nitrogens with zero attached hydrogens (tertiary/aromatic N) is 4. The van der Waals surface area contributed by atoms with E-state index >= 15 is 0 Å². The Morgan fingerprint density at radius 1 is 1.00 bits per heavy atom. The number of hydrogen-bond donors (Lipinski definition) is 0. The van der Waals surface area contributed by atoms with Crippen LogP contribution in [0.15, 0.2) is 111 Å². The summed E-state index contributed by atoms with van der Waals surface area (Å²) in [5.41, 5.74) is 1.69. The molecule has 0 atom stereocenters. The summed E-state index contributed by atoms with van der Waals surface area (Å²) in [5, 5.41) is 18.0. The molecule has 0 spiro atoms. The van der Waals surface area contributed by atoms with Gasteiger partial charge in [-0.15, -0.1) is 0 Å². The third-order valence-corrected chi connectivity index (χ3v) is 6.46. The highest BCUT2D eigenvalue weighted by Crippen LogP contribution is 2.29. The van der Waals surface area contributed by atoms with Crippen molar-refractivity contribution in [1.29, 1.82) is 0 Å². The molecule has 0 bridgehead atoms. The maximum Gasteiger partial charge on any atom is 0.311 e. The first-order valence-corrected chi connectivity index (χ1v) is 12.5. The predicted molar refractivity (Wildman–Crippen MR) is 153 cm³/mol. The number of rotatable bonds is 7. The molecule has 0 N–H and O–H groups in total. The van der Waals surface area contributed by atoms with Crippen LogP contribution < -0.4 is 10.3 Å². The van der Waals surface area contributed by atoms with Crippen LogP contribution in [0.1, 0.15) is 11.1 Å². The highest BCUT2D eigenvalue weighted by Gasteiger charge is 2.18. The van der Waals surface area contributed by atoms with Crippen molar-refractivity contribution in [2.75, 3.05) is 0 Å². The quantitative estimate of drug-likeness (QED) is 0.122. The summed E-state index contributed by atoms with van der Waals surface area (Å²) in [6.07, 6.45) is 1.36. The number of nitro benzene ring substituents is 1. The van der Waals surface area contributed by atoms with Crippen molar-refractivity contribution < 1.29 is 14.1 Å². The second-order valence-electron chi connectivity index (χ2n) is 8.86. The summed E-state index contributed by atoms with van der Waals surface area (Å²) in [5.74, 6) is 0.663. The number of hydrogen-bond acceptors (Lipinski definition) is 7. The number of nitro groups is 1. The van der Waals surface area contributed by atoms with Gasteiger partial charge in [-0.3, -0.25) is 14.9 Å². The van der Waals surface area contributed by atoms with E-state index in [-0.39, 0.29) is 23.9 Å². The molecule has 10 heteroatoms. The van der Waals surface area contributed by atoms with Crippen LogP contribution in [0.2, 0.25) is 5.02 Å². The van der Waals surface area contributed by atoms with Gasteiger partial charge < -0.3 is 9.15 Å². The number of fused-ring (bicyclic) bond motifs is 2. The molecule has 0 radical (unpaired) electrons. The molecule has 0 aliphatic heterocycles. The van der Waals surface area contributed by atoms with Gasteiger partial charge >= 0.3 is 5.69 Å². The Labute approximate surface area is 231 Å². The Morgan fingerprint density at radius 3 is 2.58 bits per heavy atom. The molecule has 6 aromatic rings. The Kier molecular flexibility index (Phi) is 6.55. The number of benzene rings is 4. The lowest BCUT2D eigenvalue weighted by Gasteiger charge is -2.08. The first-order valence-electron chi connectivity index (χ1n) is 12.2. The predicted octanol–water partition coefficient (Wildman–Crippen LogP) is 6.83. The van der Waals surface area contributed by atoms with E-state index in [0.717, 1.165) is 15.6 Å². The van der Waals surface area contributed by atoms with E-state index in [4.69, 9.17) is 20.8 Å². The maximum absolute atomic E-state index is 13.5. The van der Waals surface area contributed by atoms with Crippen molar-refractivity contribution in [3.05, 3.63) is 134 Å². The van der Waals surface area contributed by atoms with Crippen molar-refractivity contribution in [3.63, 3.8) is 0 Å². The van der Waals surface area contributed by atoms with Crippen molar-refractivity contribution in [2.24, 2.45) is 5.10 Å². The first-order chi connectivity index (χ1) is 19.5. The Hall–Kier alpha value is -5.28. The smallest absolute Gasteiger partial charge is 0.311 e. The average molecular weight is 551 g/mol. The summed E-state index contributed by atoms with van der Waals surface area (Å²) in [6.45, 7) is 0.129. The number of ether oxygens (including phenoxy) is 1. The third-order valence-electron chi connectivity index (χ3n) is 6.21. The molecule has 40 heavy (non-hydrogen) atoms. The standard InChI is InChI=1S/C30H19ClN4O5/c31-22-12-9-19(10-13-22)18-39-27-14-11-20(15-25(27)35(37)38)17-32-34-29(28-16-21-5-1-4-8-26(21)40-28)33-24-7-3-2-6-23(24)30(34)36/h1-17H,18H2. The van der Waals surface area contributed by atoms with Crippen LogP contribution in [0, 0.1) is 10.1 Å². The molecule has 2 aromatic heterocycles. The maximum atomic E-state index is 13.5. The molecule has 0 aliphatic rings. The zero-order valence-corrected chi connectivity index (χ0v) is 21.5. The van der Waals surface area contributed by atoms with Crippen LogP contribution in [0.5, 0.6) is 5.75 Å². The van der Waals surface area contributed by atoms with E-state index in [2.05, 4.69) is 10.1 Å². The summed E-state index contributed by atoms with van der Waals surface area (Å²) in [4.78, 5) is 29.4. The summed E-state index contributed by atoms with van der Waals surface area (Å²) < 4.78 is 12.8. The van der Waals surface area contributed by atoms with Gasteiger partial charge in [-0.25, -0.2) is 4.98 Å². The lowest BCUT2D eigenvalue weighted by molar-refractivity contribution is -0.385. The van der Waals surface area contributed by atoms with E-state index < -0.39 is 10.5 Å². The number of para-hydroxylation sites is 2. The molecule has 0 amide bonds. The fourth-order valence-electron chi connectivity index (χ4n) is 4.23. The molecule has 2 heterocycles. The number of aromatic nitrogens is 2. The van der Waals surface area contributed by atoms with Crippen LogP contribution in [0.25, 0.3) is 33.5 Å². The van der Waals surface area contributed by atoms with Crippen LogP contribution in [0.4, 0.5) is 5.69 Å². The minimum absolute atomic E-state index is 0.101. The summed E-state index contributed by atoms with van der Waals surface area (Å²) in [7, 11) is 0. The lowest BCUT2D eigenvalue weighted by atomic mass is 10.2. The normalized spacial score (nSPS) is 11.4. The molecule has 6 rings (SSSR count). The fraction of sp³-hybridized carbons (Fsp3) is 0.0333.